The molecule has 0 aliphatic heterocycles. The summed E-state index contributed by atoms with van der Waals surface area (Å²) < 4.78 is 18.3. The standard InChI is InChI=1S/C15H18FNO5/c1-3-22-12(18)8-9(2)13(15(20)21)17-14(19)10-6-4-5-7-11(10)16/h4-7,9,13H,3,8H2,1-2H3,(H,17,19)(H,20,21)/t9-,13+/m0/s1. The van der Waals surface area contributed by atoms with Gasteiger partial charge in [-0.25, -0.2) is 9.18 Å². The number of nitrogens with one attached hydrogen (secondary N) is 1. The van der Waals surface area contributed by atoms with Gasteiger partial charge in [-0.1, -0.05) is 19.1 Å². The molecule has 0 saturated heterocycles. The highest BCUT2D eigenvalue weighted by molar-refractivity contribution is 5.96. The summed E-state index contributed by atoms with van der Waals surface area (Å²) in [7, 11) is 0. The predicted octanol–water partition coefficient (Wildman–Crippen LogP) is 1.60. The molecule has 1 amide bonds. The summed E-state index contributed by atoms with van der Waals surface area (Å²) in [5.41, 5.74) is -0.253. The fraction of sp³-hybridized carbons (Fsp3) is 0.400. The van der Waals surface area contributed by atoms with Gasteiger partial charge in [0.05, 0.1) is 18.6 Å². The van der Waals surface area contributed by atoms with Crippen molar-refractivity contribution >= 4 is 17.8 Å². The van der Waals surface area contributed by atoms with Crippen molar-refractivity contribution in [3.8, 4) is 0 Å². The van der Waals surface area contributed by atoms with E-state index in [2.05, 4.69) is 5.32 Å². The summed E-state index contributed by atoms with van der Waals surface area (Å²) >= 11 is 0. The molecule has 0 fully saturated rings. The SMILES string of the molecule is CCOC(=O)C[C@H](C)[C@@H](NC(=O)c1ccccc1F)C(=O)O. The number of esters is 1. The van der Waals surface area contributed by atoms with Gasteiger partial charge < -0.3 is 15.2 Å². The molecule has 2 atom stereocenters. The molecule has 2 N–H and O–H groups in total. The highest BCUT2D eigenvalue weighted by atomic mass is 19.1. The van der Waals surface area contributed by atoms with Crippen molar-refractivity contribution in [1.29, 1.82) is 0 Å². The van der Waals surface area contributed by atoms with Crippen molar-refractivity contribution < 1.29 is 28.6 Å². The van der Waals surface area contributed by atoms with Crippen LogP contribution in [0.1, 0.15) is 30.6 Å². The van der Waals surface area contributed by atoms with E-state index in [1.807, 2.05) is 0 Å². The predicted molar refractivity (Wildman–Crippen MR) is 75.7 cm³/mol. The lowest BCUT2D eigenvalue weighted by Gasteiger charge is -2.20. The average molecular weight is 311 g/mol. The number of aliphatic carboxylic acids is 1. The van der Waals surface area contributed by atoms with Gasteiger partial charge >= 0.3 is 11.9 Å². The van der Waals surface area contributed by atoms with Crippen LogP contribution < -0.4 is 5.32 Å². The maximum absolute atomic E-state index is 13.5. The number of carboxylic acid groups (broad SMARTS) is 1. The average Bonchev–Trinajstić information content (AvgIpc) is 2.44. The van der Waals surface area contributed by atoms with E-state index >= 15 is 0 Å². The molecule has 1 aromatic carbocycles. The first-order valence-electron chi connectivity index (χ1n) is 6.80. The molecule has 0 aliphatic rings. The zero-order valence-corrected chi connectivity index (χ0v) is 12.3. The van der Waals surface area contributed by atoms with Crippen molar-refractivity contribution in [3.05, 3.63) is 35.6 Å². The number of rotatable bonds is 7. The first kappa shape index (κ1) is 17.6. The summed E-state index contributed by atoms with van der Waals surface area (Å²) in [6.45, 7) is 3.32. The minimum absolute atomic E-state index is 0.164. The maximum atomic E-state index is 13.5. The Hall–Kier alpha value is -2.44. The topological polar surface area (TPSA) is 92.7 Å². The number of ether oxygens (including phenoxy) is 1. The Bertz CT molecular complexity index is 561. The van der Waals surface area contributed by atoms with Crippen LogP contribution in [0.15, 0.2) is 24.3 Å². The second-order valence-corrected chi connectivity index (χ2v) is 4.76. The molecule has 0 bridgehead atoms. The van der Waals surface area contributed by atoms with E-state index in [9.17, 15) is 23.9 Å². The van der Waals surface area contributed by atoms with Crippen LogP contribution in [0.4, 0.5) is 4.39 Å². The van der Waals surface area contributed by atoms with Crippen LogP contribution in [0.5, 0.6) is 0 Å². The zero-order chi connectivity index (χ0) is 16.7. The molecule has 0 spiro atoms. The first-order chi connectivity index (χ1) is 10.4. The molecule has 22 heavy (non-hydrogen) atoms. The highest BCUT2D eigenvalue weighted by Crippen LogP contribution is 2.12. The molecule has 1 aromatic rings. The van der Waals surface area contributed by atoms with Gasteiger partial charge in [0.25, 0.3) is 5.91 Å². The summed E-state index contributed by atoms with van der Waals surface area (Å²) in [4.78, 5) is 34.6. The fourth-order valence-electron chi connectivity index (χ4n) is 1.91. The van der Waals surface area contributed by atoms with E-state index in [4.69, 9.17) is 4.74 Å². The molecular weight excluding hydrogens is 293 g/mol. The van der Waals surface area contributed by atoms with Gasteiger partial charge in [-0.2, -0.15) is 0 Å². The van der Waals surface area contributed by atoms with E-state index < -0.39 is 35.6 Å². The largest absolute Gasteiger partial charge is 0.480 e. The molecule has 1 rings (SSSR count). The van der Waals surface area contributed by atoms with Gasteiger partial charge in [0.1, 0.15) is 11.9 Å². The summed E-state index contributed by atoms with van der Waals surface area (Å²) in [6.07, 6.45) is -0.164. The summed E-state index contributed by atoms with van der Waals surface area (Å²) in [5.74, 6) is -4.15. The molecule has 0 radical (unpaired) electrons. The van der Waals surface area contributed by atoms with Gasteiger partial charge in [-0.15, -0.1) is 0 Å². The van der Waals surface area contributed by atoms with E-state index in [1.165, 1.54) is 25.1 Å². The lowest BCUT2D eigenvalue weighted by Crippen LogP contribution is -2.46. The van der Waals surface area contributed by atoms with E-state index in [0.717, 1.165) is 6.07 Å². The van der Waals surface area contributed by atoms with Crippen LogP contribution >= 0.6 is 0 Å². The van der Waals surface area contributed by atoms with Crippen molar-refractivity contribution in [1.82, 2.24) is 5.32 Å². The summed E-state index contributed by atoms with van der Waals surface area (Å²) in [5, 5.41) is 11.4. The van der Waals surface area contributed by atoms with Crippen LogP contribution in [0.3, 0.4) is 0 Å². The number of benzene rings is 1. The molecule has 0 saturated carbocycles. The Morgan fingerprint density at radius 1 is 1.32 bits per heavy atom. The molecule has 7 heteroatoms. The third kappa shape index (κ3) is 4.83. The first-order valence-corrected chi connectivity index (χ1v) is 6.80. The van der Waals surface area contributed by atoms with Gasteiger partial charge in [0.15, 0.2) is 0 Å². The number of hydrogen-bond donors (Lipinski definition) is 2. The Morgan fingerprint density at radius 2 is 1.95 bits per heavy atom. The van der Waals surface area contributed by atoms with Gasteiger partial charge in [0, 0.05) is 0 Å². The van der Waals surface area contributed by atoms with Crippen LogP contribution in [-0.2, 0) is 14.3 Å². The number of hydrogen-bond acceptors (Lipinski definition) is 4. The minimum atomic E-state index is -1.32. The molecule has 120 valence electrons. The van der Waals surface area contributed by atoms with Crippen molar-refractivity contribution in [2.45, 2.75) is 26.3 Å². The van der Waals surface area contributed by atoms with E-state index in [-0.39, 0.29) is 18.6 Å². The quantitative estimate of drug-likeness (QED) is 0.746. The number of amides is 1. The van der Waals surface area contributed by atoms with Crippen LogP contribution in [-0.4, -0.2) is 35.6 Å². The third-order valence-electron chi connectivity index (χ3n) is 3.03. The van der Waals surface area contributed by atoms with E-state index in [1.54, 1.807) is 6.92 Å². The van der Waals surface area contributed by atoms with Crippen molar-refractivity contribution in [3.63, 3.8) is 0 Å². The molecule has 0 heterocycles. The van der Waals surface area contributed by atoms with Crippen molar-refractivity contribution in [2.75, 3.05) is 6.61 Å². The number of carbonyl (C=O) groups is 3. The third-order valence-corrected chi connectivity index (χ3v) is 3.03. The van der Waals surface area contributed by atoms with Gasteiger partial charge in [-0.05, 0) is 25.0 Å². The number of halogens is 1. The molecule has 0 unspecified atom stereocenters. The second kappa shape index (κ2) is 8.11. The Kier molecular flexibility index (Phi) is 6.49. The fourth-order valence-corrected chi connectivity index (χ4v) is 1.91. The molecule has 6 nitrogen and oxygen atoms in total. The minimum Gasteiger partial charge on any atom is -0.480 e. The number of carbonyl (C=O) groups excluding carboxylic acids is 2. The zero-order valence-electron chi connectivity index (χ0n) is 12.3. The Morgan fingerprint density at radius 3 is 2.50 bits per heavy atom. The number of carboxylic acids is 1. The molecular formula is C15H18FNO5. The van der Waals surface area contributed by atoms with Crippen LogP contribution in [0.25, 0.3) is 0 Å². The second-order valence-electron chi connectivity index (χ2n) is 4.76. The molecule has 0 aromatic heterocycles. The Labute approximate surface area is 127 Å². The van der Waals surface area contributed by atoms with E-state index in [0.29, 0.717) is 0 Å². The monoisotopic (exact) mass is 311 g/mol. The van der Waals surface area contributed by atoms with Crippen LogP contribution in [0.2, 0.25) is 0 Å². The van der Waals surface area contributed by atoms with Gasteiger partial charge in [0.2, 0.25) is 0 Å². The smallest absolute Gasteiger partial charge is 0.326 e. The Balaban J connectivity index is 2.80. The maximum Gasteiger partial charge on any atom is 0.326 e. The van der Waals surface area contributed by atoms with Crippen LogP contribution in [0, 0.1) is 11.7 Å². The summed E-state index contributed by atoms with van der Waals surface area (Å²) in [6, 6.07) is 3.92. The lowest BCUT2D eigenvalue weighted by atomic mass is 9.98. The normalized spacial score (nSPS) is 13.0. The van der Waals surface area contributed by atoms with Crippen molar-refractivity contribution in [2.24, 2.45) is 5.92 Å². The van der Waals surface area contributed by atoms with Gasteiger partial charge in [-0.3, -0.25) is 9.59 Å². The lowest BCUT2D eigenvalue weighted by molar-refractivity contribution is -0.145. The molecule has 0 aliphatic carbocycles. The highest BCUT2D eigenvalue weighted by Gasteiger charge is 2.29.